The van der Waals surface area contributed by atoms with E-state index in [1.807, 2.05) is 18.2 Å². The number of hydrogen-bond donors (Lipinski definition) is 2. The Kier molecular flexibility index (Phi) is 3.64. The van der Waals surface area contributed by atoms with Crippen molar-refractivity contribution < 1.29 is 4.79 Å². The van der Waals surface area contributed by atoms with Crippen molar-refractivity contribution in [2.45, 2.75) is 0 Å². The van der Waals surface area contributed by atoms with Crippen LogP contribution in [-0.4, -0.2) is 11.9 Å². The van der Waals surface area contributed by atoms with Crippen LogP contribution in [0.15, 0.2) is 41.4 Å². The lowest BCUT2D eigenvalue weighted by atomic mass is 10.1. The van der Waals surface area contributed by atoms with E-state index >= 15 is 0 Å². The van der Waals surface area contributed by atoms with Gasteiger partial charge in [-0.15, -0.1) is 11.3 Å². The summed E-state index contributed by atoms with van der Waals surface area (Å²) >= 11 is 7.32. The Morgan fingerprint density at radius 1 is 1.22 bits per heavy atom. The van der Waals surface area contributed by atoms with Crippen LogP contribution in [0.2, 0.25) is 4.34 Å². The van der Waals surface area contributed by atoms with Crippen LogP contribution in [0.25, 0.3) is 10.4 Å². The number of hydrogen-bond acceptors (Lipinski definition) is 2. The van der Waals surface area contributed by atoms with Crippen LogP contribution in [-0.2, 0) is 0 Å². The van der Waals surface area contributed by atoms with E-state index in [4.69, 9.17) is 23.1 Å². The van der Waals surface area contributed by atoms with Crippen LogP contribution >= 0.6 is 22.9 Å². The molecule has 18 heavy (non-hydrogen) atoms. The maximum atomic E-state index is 11.7. The Bertz CT molecular complexity index is 617. The summed E-state index contributed by atoms with van der Waals surface area (Å²) in [5.74, 6) is -0.705. The summed E-state index contributed by atoms with van der Waals surface area (Å²) in [5, 5.41) is 0. The standard InChI is InChI=1S/C12H10ClN3OS/c13-10-5-4-9(18-10)7-2-1-3-8(6-7)11(17)16-12(14)15/h1-6H,(H4,14,15,16,17). The molecule has 4 nitrogen and oxygen atoms in total. The lowest BCUT2D eigenvalue weighted by molar-refractivity contribution is 0.100. The second-order valence-corrected chi connectivity index (χ2v) is 5.24. The molecule has 0 radical (unpaired) electrons. The molecule has 0 atom stereocenters. The van der Waals surface area contributed by atoms with Crippen molar-refractivity contribution in [3.05, 3.63) is 46.3 Å². The Morgan fingerprint density at radius 2 is 2.00 bits per heavy atom. The van der Waals surface area contributed by atoms with Gasteiger partial charge in [-0.25, -0.2) is 0 Å². The molecule has 0 saturated heterocycles. The molecule has 0 spiro atoms. The van der Waals surface area contributed by atoms with E-state index in [9.17, 15) is 4.79 Å². The zero-order chi connectivity index (χ0) is 13.1. The van der Waals surface area contributed by atoms with E-state index in [2.05, 4.69) is 4.99 Å². The van der Waals surface area contributed by atoms with Crippen LogP contribution in [0.5, 0.6) is 0 Å². The SMILES string of the molecule is NC(N)=NC(=O)c1cccc(-c2ccc(Cl)s2)c1. The van der Waals surface area contributed by atoms with Gasteiger partial charge in [0.1, 0.15) is 0 Å². The Labute approximate surface area is 113 Å². The molecule has 0 aliphatic heterocycles. The molecule has 2 rings (SSSR count). The van der Waals surface area contributed by atoms with Crippen molar-refractivity contribution in [2.75, 3.05) is 0 Å². The summed E-state index contributed by atoms with van der Waals surface area (Å²) < 4.78 is 0.700. The fourth-order valence-electron chi connectivity index (χ4n) is 1.46. The Morgan fingerprint density at radius 3 is 2.61 bits per heavy atom. The lowest BCUT2D eigenvalue weighted by Crippen LogP contribution is -2.24. The molecule has 6 heteroatoms. The van der Waals surface area contributed by atoms with E-state index in [-0.39, 0.29) is 5.96 Å². The van der Waals surface area contributed by atoms with Gasteiger partial charge < -0.3 is 11.5 Å². The van der Waals surface area contributed by atoms with Crippen molar-refractivity contribution in [1.29, 1.82) is 0 Å². The van der Waals surface area contributed by atoms with Gasteiger partial charge in [0.15, 0.2) is 5.96 Å². The monoisotopic (exact) mass is 279 g/mol. The molecule has 0 aliphatic carbocycles. The molecule has 0 bridgehead atoms. The lowest BCUT2D eigenvalue weighted by Gasteiger charge is -2.00. The molecule has 0 fully saturated rings. The highest BCUT2D eigenvalue weighted by Gasteiger charge is 2.07. The van der Waals surface area contributed by atoms with Gasteiger partial charge in [-0.3, -0.25) is 4.79 Å². The predicted molar refractivity (Wildman–Crippen MR) is 74.9 cm³/mol. The first-order valence-corrected chi connectivity index (χ1v) is 6.25. The maximum absolute atomic E-state index is 11.7. The number of nitrogens with zero attached hydrogens (tertiary/aromatic N) is 1. The summed E-state index contributed by atoms with van der Waals surface area (Å²) in [7, 11) is 0. The van der Waals surface area contributed by atoms with Gasteiger partial charge >= 0.3 is 0 Å². The average Bonchev–Trinajstić information content (AvgIpc) is 2.75. The summed E-state index contributed by atoms with van der Waals surface area (Å²) in [6.45, 7) is 0. The van der Waals surface area contributed by atoms with Crippen LogP contribution in [0, 0.1) is 0 Å². The molecular weight excluding hydrogens is 270 g/mol. The van der Waals surface area contributed by atoms with Gasteiger partial charge in [-0.2, -0.15) is 4.99 Å². The number of nitrogens with two attached hydrogens (primary N) is 2. The third kappa shape index (κ3) is 2.88. The predicted octanol–water partition coefficient (Wildman–Crippen LogP) is 2.48. The van der Waals surface area contributed by atoms with Gasteiger partial charge in [0.05, 0.1) is 4.34 Å². The van der Waals surface area contributed by atoms with Crippen molar-refractivity contribution in [2.24, 2.45) is 16.5 Å². The molecule has 0 aliphatic rings. The van der Waals surface area contributed by atoms with Gasteiger partial charge in [0.25, 0.3) is 5.91 Å². The topological polar surface area (TPSA) is 81.5 Å². The summed E-state index contributed by atoms with van der Waals surface area (Å²) in [6.07, 6.45) is 0. The van der Waals surface area contributed by atoms with E-state index < -0.39 is 5.91 Å². The van der Waals surface area contributed by atoms with Crippen molar-refractivity contribution in [3.63, 3.8) is 0 Å². The van der Waals surface area contributed by atoms with E-state index in [1.54, 1.807) is 18.2 Å². The zero-order valence-corrected chi connectivity index (χ0v) is 10.8. The number of aliphatic imine (C=N–C) groups is 1. The van der Waals surface area contributed by atoms with Crippen LogP contribution < -0.4 is 11.5 Å². The first-order valence-electron chi connectivity index (χ1n) is 5.06. The molecule has 1 amide bonds. The third-order valence-corrected chi connectivity index (χ3v) is 3.48. The van der Waals surface area contributed by atoms with E-state index in [0.29, 0.717) is 9.90 Å². The highest BCUT2D eigenvalue weighted by atomic mass is 35.5. The van der Waals surface area contributed by atoms with Gasteiger partial charge in [-0.1, -0.05) is 23.7 Å². The number of rotatable bonds is 2. The Balaban J connectivity index is 2.36. The van der Waals surface area contributed by atoms with Crippen LogP contribution in [0.3, 0.4) is 0 Å². The molecule has 0 unspecified atom stereocenters. The number of thiophene rings is 1. The molecule has 4 N–H and O–H groups in total. The second-order valence-electron chi connectivity index (χ2n) is 3.53. The number of carbonyl (C=O) groups excluding carboxylic acids is 1. The van der Waals surface area contributed by atoms with Gasteiger partial charge in [0.2, 0.25) is 0 Å². The smallest absolute Gasteiger partial charge is 0.280 e. The minimum atomic E-state index is -0.459. The van der Waals surface area contributed by atoms with Crippen molar-refractivity contribution in [1.82, 2.24) is 0 Å². The highest BCUT2D eigenvalue weighted by Crippen LogP contribution is 2.31. The van der Waals surface area contributed by atoms with E-state index in [0.717, 1.165) is 10.4 Å². The normalized spacial score (nSPS) is 10.1. The first-order chi connectivity index (χ1) is 8.56. The quantitative estimate of drug-likeness (QED) is 0.654. The number of halogens is 1. The third-order valence-electron chi connectivity index (χ3n) is 2.20. The van der Waals surface area contributed by atoms with Crippen LogP contribution in [0.4, 0.5) is 0 Å². The number of carbonyl (C=O) groups is 1. The molecule has 2 aromatic rings. The molecule has 92 valence electrons. The summed E-state index contributed by atoms with van der Waals surface area (Å²) in [5.41, 5.74) is 11.7. The summed E-state index contributed by atoms with van der Waals surface area (Å²) in [6, 6.07) is 10.8. The van der Waals surface area contributed by atoms with Crippen LogP contribution in [0.1, 0.15) is 10.4 Å². The fraction of sp³-hybridized carbons (Fsp3) is 0. The minimum absolute atomic E-state index is 0.246. The summed E-state index contributed by atoms with van der Waals surface area (Å²) in [4.78, 5) is 16.2. The maximum Gasteiger partial charge on any atom is 0.280 e. The average molecular weight is 280 g/mol. The number of benzene rings is 1. The van der Waals surface area contributed by atoms with Gasteiger partial charge in [-0.05, 0) is 29.8 Å². The molecular formula is C12H10ClN3OS. The molecule has 0 saturated carbocycles. The number of amides is 1. The van der Waals surface area contributed by atoms with Gasteiger partial charge in [0, 0.05) is 10.4 Å². The molecule has 1 aromatic carbocycles. The second kappa shape index (κ2) is 5.20. The first kappa shape index (κ1) is 12.6. The highest BCUT2D eigenvalue weighted by molar-refractivity contribution is 7.19. The van der Waals surface area contributed by atoms with Crippen molar-refractivity contribution in [3.8, 4) is 10.4 Å². The minimum Gasteiger partial charge on any atom is -0.370 e. The Hall–Kier alpha value is -1.85. The fourth-order valence-corrected chi connectivity index (χ4v) is 2.50. The largest absolute Gasteiger partial charge is 0.370 e. The van der Waals surface area contributed by atoms with E-state index in [1.165, 1.54) is 11.3 Å². The zero-order valence-electron chi connectivity index (χ0n) is 9.26. The molecule has 1 heterocycles. The van der Waals surface area contributed by atoms with Crippen molar-refractivity contribution >= 4 is 34.8 Å². The molecule has 1 aromatic heterocycles. The number of guanidine groups is 1.